The van der Waals surface area contributed by atoms with Gasteiger partial charge in [-0.15, -0.1) is 0 Å². The van der Waals surface area contributed by atoms with Crippen LogP contribution >= 0.6 is 7.92 Å². The van der Waals surface area contributed by atoms with E-state index in [1.807, 2.05) is 0 Å². The van der Waals surface area contributed by atoms with Crippen LogP contribution in [0.1, 0.15) is 36.1 Å². The molecule has 2 atom stereocenters. The van der Waals surface area contributed by atoms with Crippen LogP contribution < -0.4 is 0 Å². The summed E-state index contributed by atoms with van der Waals surface area (Å²) in [5.41, 5.74) is 6.59. The van der Waals surface area contributed by atoms with Crippen molar-refractivity contribution in [2.45, 2.75) is 25.3 Å². The Hall–Kier alpha value is -3.29. The van der Waals surface area contributed by atoms with Gasteiger partial charge in [-0.05, 0) is 54.9 Å². The molecular formula is C35H33O2P. The van der Waals surface area contributed by atoms with Crippen molar-refractivity contribution in [2.75, 3.05) is 13.2 Å². The summed E-state index contributed by atoms with van der Waals surface area (Å²) < 4.78 is 12.9. The van der Waals surface area contributed by atoms with Gasteiger partial charge in [0.2, 0.25) is 0 Å². The summed E-state index contributed by atoms with van der Waals surface area (Å²) in [4.78, 5) is 0. The largest absolute Gasteiger partial charge is 0.349 e. The minimum absolute atomic E-state index is 0.148. The zero-order chi connectivity index (χ0) is 26.0. The molecule has 0 N–H and O–H groups in total. The van der Waals surface area contributed by atoms with Crippen LogP contribution in [0.25, 0.3) is 10.9 Å². The van der Waals surface area contributed by atoms with Crippen LogP contribution in [0.15, 0.2) is 133 Å². The second-order valence-electron chi connectivity index (χ2n) is 9.64. The fourth-order valence-corrected chi connectivity index (χ4v) is 10.2. The van der Waals surface area contributed by atoms with Crippen LogP contribution in [0.4, 0.5) is 0 Å². The fraction of sp³-hybridized carbons (Fsp3) is 0.200. The summed E-state index contributed by atoms with van der Waals surface area (Å²) in [5.74, 6) is 0.148. The Balaban J connectivity index is 1.69. The molecule has 2 heterocycles. The summed E-state index contributed by atoms with van der Waals surface area (Å²) in [6.45, 7) is 5.31. The highest BCUT2D eigenvalue weighted by molar-refractivity contribution is 7.75. The van der Waals surface area contributed by atoms with E-state index in [4.69, 9.17) is 9.47 Å². The zero-order valence-electron chi connectivity index (χ0n) is 22.0. The molecule has 38 heavy (non-hydrogen) atoms. The lowest BCUT2D eigenvalue weighted by molar-refractivity contribution is -0.106. The Kier molecular flexibility index (Phi) is 7.13. The molecule has 0 fully saturated rings. The highest BCUT2D eigenvalue weighted by Gasteiger charge is 2.62. The molecular weight excluding hydrogens is 483 g/mol. The molecule has 2 aliphatic rings. The molecule has 2 nitrogen and oxygen atoms in total. The van der Waals surface area contributed by atoms with Crippen molar-refractivity contribution >= 4 is 18.8 Å². The molecule has 0 saturated carbocycles. The van der Waals surface area contributed by atoms with Crippen molar-refractivity contribution in [3.63, 3.8) is 0 Å². The number of rotatable bonds is 9. The van der Waals surface area contributed by atoms with Gasteiger partial charge in [0.1, 0.15) is 0 Å². The lowest BCUT2D eigenvalue weighted by Gasteiger charge is -2.39. The third-order valence-corrected chi connectivity index (χ3v) is 11.0. The van der Waals surface area contributed by atoms with E-state index >= 15 is 0 Å². The van der Waals surface area contributed by atoms with Crippen LogP contribution in [-0.4, -0.2) is 19.5 Å². The van der Waals surface area contributed by atoms with Crippen LogP contribution in [0.3, 0.4) is 0 Å². The number of allylic oxidation sites excluding steroid dienone is 2. The first-order valence-electron chi connectivity index (χ1n) is 13.5. The van der Waals surface area contributed by atoms with E-state index < -0.39 is 14.2 Å². The lowest BCUT2D eigenvalue weighted by atomic mass is 9.74. The predicted octanol–water partition coefficient (Wildman–Crippen LogP) is 8.91. The van der Waals surface area contributed by atoms with E-state index in [1.165, 1.54) is 38.5 Å². The van der Waals surface area contributed by atoms with Crippen molar-refractivity contribution in [3.05, 3.63) is 155 Å². The van der Waals surface area contributed by atoms with Crippen LogP contribution in [-0.2, 0) is 14.6 Å². The number of hydrogen-bond acceptors (Lipinski definition) is 2. The molecule has 0 saturated heterocycles. The maximum atomic E-state index is 6.43. The van der Waals surface area contributed by atoms with E-state index in [0.717, 1.165) is 0 Å². The summed E-state index contributed by atoms with van der Waals surface area (Å²) in [6.07, 6.45) is 2.16. The average molecular weight is 517 g/mol. The highest BCUT2D eigenvalue weighted by atomic mass is 31.1. The monoisotopic (exact) mass is 516 g/mol. The number of fused-ring (bicyclic) bond motifs is 2. The van der Waals surface area contributed by atoms with Gasteiger partial charge in [-0.1, -0.05) is 127 Å². The summed E-state index contributed by atoms with van der Waals surface area (Å²) in [7, 11) is -0.907. The van der Waals surface area contributed by atoms with Crippen molar-refractivity contribution in [3.8, 4) is 0 Å². The molecule has 6 rings (SSSR count). The molecule has 2 unspecified atom stereocenters. The third-order valence-electron chi connectivity index (χ3n) is 7.64. The number of hydrogen-bond donors (Lipinski definition) is 0. The average Bonchev–Trinajstić information content (AvgIpc) is 3.48. The van der Waals surface area contributed by atoms with Gasteiger partial charge in [-0.25, -0.2) is 0 Å². The second kappa shape index (κ2) is 10.8. The number of ether oxygens (including phenoxy) is 2. The Labute approximate surface area is 227 Å². The van der Waals surface area contributed by atoms with Crippen molar-refractivity contribution in [1.82, 2.24) is 0 Å². The standard InChI is InChI=1S/C35H33O2P/c1-3-36-34(37-4-2)33-32(27-19-11-6-12-20-27)30-25-31(26-17-9-5-10-18-26)38(33)35(30,28-21-13-7-14-22-28)29-23-15-8-16-24-29/h5-25,30,34H,3-4H2,1-2H3. The van der Waals surface area contributed by atoms with Gasteiger partial charge in [0.15, 0.2) is 6.29 Å². The maximum Gasteiger partial charge on any atom is 0.184 e. The molecule has 2 aliphatic heterocycles. The Morgan fingerprint density at radius 3 is 1.55 bits per heavy atom. The molecule has 0 aliphatic carbocycles. The van der Waals surface area contributed by atoms with Crippen LogP contribution in [0.2, 0.25) is 0 Å². The second-order valence-corrected chi connectivity index (χ2v) is 12.0. The van der Waals surface area contributed by atoms with Crippen molar-refractivity contribution < 1.29 is 9.47 Å². The van der Waals surface area contributed by atoms with Gasteiger partial charge in [-0.3, -0.25) is 0 Å². The minimum Gasteiger partial charge on any atom is -0.349 e. The SMILES string of the molecule is CCOC(OCC)C1=C(c2ccccc2)C2C=C(c3ccccc3)P1C2(c1ccccc1)c1ccccc1. The van der Waals surface area contributed by atoms with E-state index in [9.17, 15) is 0 Å². The minimum atomic E-state index is -0.907. The molecule has 0 spiro atoms. The summed E-state index contributed by atoms with van der Waals surface area (Å²) in [6, 6.07) is 44.0. The molecule has 4 aromatic carbocycles. The summed E-state index contributed by atoms with van der Waals surface area (Å²) in [5, 5.41) is 2.47. The lowest BCUT2D eigenvalue weighted by Crippen LogP contribution is -2.28. The molecule has 0 amide bonds. The zero-order valence-corrected chi connectivity index (χ0v) is 22.9. The van der Waals surface area contributed by atoms with Gasteiger partial charge < -0.3 is 9.47 Å². The van der Waals surface area contributed by atoms with E-state index in [1.54, 1.807) is 0 Å². The molecule has 4 aromatic rings. The predicted molar refractivity (Wildman–Crippen MR) is 159 cm³/mol. The first-order valence-corrected chi connectivity index (χ1v) is 14.9. The first kappa shape index (κ1) is 25.0. The van der Waals surface area contributed by atoms with Crippen molar-refractivity contribution in [2.24, 2.45) is 5.92 Å². The van der Waals surface area contributed by atoms with E-state index in [2.05, 4.69) is 141 Å². The van der Waals surface area contributed by atoms with Gasteiger partial charge in [-0.2, -0.15) is 0 Å². The molecule has 2 bridgehead atoms. The Morgan fingerprint density at radius 1 is 0.632 bits per heavy atom. The molecule has 0 aromatic heterocycles. The summed E-state index contributed by atoms with van der Waals surface area (Å²) >= 11 is 0. The Morgan fingerprint density at radius 2 is 1.08 bits per heavy atom. The molecule has 190 valence electrons. The molecule has 0 radical (unpaired) electrons. The smallest absolute Gasteiger partial charge is 0.184 e. The van der Waals surface area contributed by atoms with E-state index in [0.29, 0.717) is 13.2 Å². The maximum absolute atomic E-state index is 6.43. The fourth-order valence-electron chi connectivity index (χ4n) is 6.26. The van der Waals surface area contributed by atoms with Gasteiger partial charge >= 0.3 is 0 Å². The van der Waals surface area contributed by atoms with Gasteiger partial charge in [0, 0.05) is 24.4 Å². The van der Waals surface area contributed by atoms with Crippen LogP contribution in [0, 0.1) is 5.92 Å². The third kappa shape index (κ3) is 4.00. The van der Waals surface area contributed by atoms with Gasteiger partial charge in [0.05, 0.1) is 5.16 Å². The first-order chi connectivity index (χ1) is 18.8. The van der Waals surface area contributed by atoms with E-state index in [-0.39, 0.29) is 11.1 Å². The van der Waals surface area contributed by atoms with Gasteiger partial charge in [0.25, 0.3) is 0 Å². The number of benzene rings is 4. The molecule has 3 heteroatoms. The normalized spacial score (nSPS) is 19.7. The quantitative estimate of drug-likeness (QED) is 0.163. The topological polar surface area (TPSA) is 18.5 Å². The Bertz CT molecular complexity index is 1380. The highest BCUT2D eigenvalue weighted by Crippen LogP contribution is 2.85. The van der Waals surface area contributed by atoms with Crippen molar-refractivity contribution in [1.29, 1.82) is 0 Å². The van der Waals surface area contributed by atoms with Crippen LogP contribution in [0.5, 0.6) is 0 Å².